The van der Waals surface area contributed by atoms with E-state index in [-0.39, 0.29) is 44.3 Å². The Labute approximate surface area is 260 Å². The van der Waals surface area contributed by atoms with Crippen LogP contribution in [0.4, 0.5) is 17.1 Å². The van der Waals surface area contributed by atoms with Crippen molar-refractivity contribution < 1.29 is 36.0 Å². The number of ether oxygens (including phenoxy) is 1. The minimum Gasteiger partial charge on any atom is -0.497 e. The number of nitrogens with zero attached hydrogens (tertiary/aromatic N) is 2. The van der Waals surface area contributed by atoms with Crippen molar-refractivity contribution in [3.8, 4) is 5.75 Å². The molecular weight excluding hydrogens is 622 g/mol. The summed E-state index contributed by atoms with van der Waals surface area (Å²) >= 11 is 0. The summed E-state index contributed by atoms with van der Waals surface area (Å²) in [5.41, 5.74) is 11.4. The fourth-order valence-corrected chi connectivity index (χ4v) is 7.45. The van der Waals surface area contributed by atoms with Crippen LogP contribution in [-0.4, -0.2) is 54.8 Å². The van der Waals surface area contributed by atoms with Crippen LogP contribution in [0, 0.1) is 0 Å². The van der Waals surface area contributed by atoms with Crippen LogP contribution in [0.2, 0.25) is 0 Å². The first-order valence-corrected chi connectivity index (χ1v) is 16.4. The number of carbonyl (C=O) groups excluding carboxylic acids is 3. The van der Waals surface area contributed by atoms with Crippen LogP contribution in [0.3, 0.4) is 0 Å². The molecule has 0 saturated heterocycles. The summed E-state index contributed by atoms with van der Waals surface area (Å²) in [6, 6.07) is 19.9. The molecule has 4 rings (SSSR count). The fraction of sp³-hybridized carbons (Fsp3) is 0.167. The SMILES string of the molecule is CCC(=O)Nc1ccc(S(=O)(=O)N(CC(N)=O)c2ccc(N(CC(N)=O)S(=O)(=O)c3ccc(OC)cc3)c3ccccc23)cc1. The third-order valence-corrected chi connectivity index (χ3v) is 10.3. The van der Waals surface area contributed by atoms with Gasteiger partial charge in [-0.05, 0) is 60.7 Å². The molecule has 15 heteroatoms. The molecule has 4 aromatic carbocycles. The molecule has 0 bridgehead atoms. The van der Waals surface area contributed by atoms with Gasteiger partial charge in [-0.25, -0.2) is 16.8 Å². The standard InChI is InChI=1S/C30H31N5O8S2/c1-3-30(38)33-20-8-12-22(13-9-20)44(39,40)34(18-28(31)36)26-16-17-27(25-7-5-4-6-24(25)26)35(19-29(32)37)45(41,42)23-14-10-21(43-2)11-15-23/h4-17H,3,18-19H2,1-2H3,(H2,31,36)(H2,32,37)(H,33,38). The Hall–Kier alpha value is -5.15. The van der Waals surface area contributed by atoms with E-state index in [2.05, 4.69) is 5.32 Å². The number of fused-ring (bicyclic) bond motifs is 1. The predicted octanol–water partition coefficient (Wildman–Crippen LogP) is 2.56. The molecule has 13 nitrogen and oxygen atoms in total. The minimum absolute atomic E-state index is 0.0254. The summed E-state index contributed by atoms with van der Waals surface area (Å²) in [4.78, 5) is 35.7. The van der Waals surface area contributed by atoms with Gasteiger partial charge in [0, 0.05) is 22.9 Å². The lowest BCUT2D eigenvalue weighted by Crippen LogP contribution is -2.39. The molecule has 0 unspecified atom stereocenters. The molecule has 0 aliphatic carbocycles. The smallest absolute Gasteiger partial charge is 0.264 e. The van der Waals surface area contributed by atoms with Crippen LogP contribution in [0.15, 0.2) is 94.7 Å². The maximum absolute atomic E-state index is 13.9. The van der Waals surface area contributed by atoms with Crippen LogP contribution in [-0.2, 0) is 34.4 Å². The first-order valence-electron chi connectivity index (χ1n) is 13.5. The van der Waals surface area contributed by atoms with E-state index >= 15 is 0 Å². The molecule has 0 aromatic heterocycles. The summed E-state index contributed by atoms with van der Waals surface area (Å²) in [7, 11) is -7.35. The second-order valence-electron chi connectivity index (χ2n) is 9.71. The summed E-state index contributed by atoms with van der Waals surface area (Å²) in [5, 5.41) is 3.12. The van der Waals surface area contributed by atoms with Gasteiger partial charge in [0.15, 0.2) is 0 Å². The van der Waals surface area contributed by atoms with E-state index in [0.29, 0.717) is 11.4 Å². The van der Waals surface area contributed by atoms with E-state index in [4.69, 9.17) is 16.2 Å². The molecule has 0 atom stereocenters. The molecular formula is C30H31N5O8S2. The number of nitrogens with two attached hydrogens (primary N) is 2. The van der Waals surface area contributed by atoms with Gasteiger partial charge in [0.1, 0.15) is 18.8 Å². The van der Waals surface area contributed by atoms with Gasteiger partial charge < -0.3 is 21.5 Å². The second kappa shape index (κ2) is 13.2. The maximum Gasteiger partial charge on any atom is 0.264 e. The highest BCUT2D eigenvalue weighted by Crippen LogP contribution is 2.38. The number of nitrogens with one attached hydrogen (secondary N) is 1. The summed E-state index contributed by atoms with van der Waals surface area (Å²) in [6.07, 6.45) is 0.230. The van der Waals surface area contributed by atoms with Gasteiger partial charge >= 0.3 is 0 Å². The molecule has 0 fully saturated rings. The zero-order valence-electron chi connectivity index (χ0n) is 24.3. The number of hydrogen-bond acceptors (Lipinski definition) is 8. The maximum atomic E-state index is 13.9. The van der Waals surface area contributed by atoms with Crippen LogP contribution < -0.4 is 30.1 Å². The number of benzene rings is 4. The van der Waals surface area contributed by atoms with Crippen LogP contribution in [0.1, 0.15) is 13.3 Å². The van der Waals surface area contributed by atoms with Crippen molar-refractivity contribution in [3.05, 3.63) is 84.9 Å². The second-order valence-corrected chi connectivity index (χ2v) is 13.4. The average Bonchev–Trinajstić information content (AvgIpc) is 3.02. The molecule has 0 spiro atoms. The van der Waals surface area contributed by atoms with Gasteiger partial charge in [-0.3, -0.25) is 23.0 Å². The van der Waals surface area contributed by atoms with Gasteiger partial charge in [0.2, 0.25) is 17.7 Å². The number of carbonyl (C=O) groups is 3. The molecule has 0 aliphatic rings. The van der Waals surface area contributed by atoms with E-state index in [0.717, 1.165) is 8.61 Å². The summed E-state index contributed by atoms with van der Waals surface area (Å²) < 4.78 is 62.2. The zero-order valence-corrected chi connectivity index (χ0v) is 26.0. The predicted molar refractivity (Wildman–Crippen MR) is 170 cm³/mol. The van der Waals surface area contributed by atoms with Crippen LogP contribution in [0.25, 0.3) is 10.8 Å². The number of rotatable bonds is 13. The van der Waals surface area contributed by atoms with Gasteiger partial charge in [-0.2, -0.15) is 0 Å². The monoisotopic (exact) mass is 653 g/mol. The Morgan fingerprint density at radius 1 is 0.689 bits per heavy atom. The molecule has 0 aliphatic heterocycles. The molecule has 45 heavy (non-hydrogen) atoms. The lowest BCUT2D eigenvalue weighted by atomic mass is 10.1. The Bertz CT molecular complexity index is 1960. The third kappa shape index (κ3) is 6.99. The highest BCUT2D eigenvalue weighted by atomic mass is 32.2. The quantitative estimate of drug-likeness (QED) is 0.195. The van der Waals surface area contributed by atoms with Crippen molar-refractivity contribution in [2.45, 2.75) is 23.1 Å². The third-order valence-electron chi connectivity index (χ3n) is 6.71. The van der Waals surface area contributed by atoms with Crippen molar-refractivity contribution >= 4 is 65.6 Å². The first-order chi connectivity index (χ1) is 21.3. The van der Waals surface area contributed by atoms with Crippen molar-refractivity contribution in [1.82, 2.24) is 0 Å². The van der Waals surface area contributed by atoms with E-state index in [9.17, 15) is 31.2 Å². The Balaban J connectivity index is 1.87. The summed E-state index contributed by atoms with van der Waals surface area (Å²) in [6.45, 7) is 0.212. The zero-order chi connectivity index (χ0) is 32.9. The number of amides is 3. The van der Waals surface area contributed by atoms with Crippen molar-refractivity contribution in [2.24, 2.45) is 11.5 Å². The largest absolute Gasteiger partial charge is 0.497 e. The molecule has 3 amide bonds. The molecule has 0 saturated carbocycles. The highest BCUT2D eigenvalue weighted by molar-refractivity contribution is 7.93. The van der Waals surface area contributed by atoms with Gasteiger partial charge in [-0.15, -0.1) is 0 Å². The van der Waals surface area contributed by atoms with Crippen LogP contribution >= 0.6 is 0 Å². The van der Waals surface area contributed by atoms with E-state index in [1.165, 1.54) is 67.8 Å². The number of methoxy groups -OCH3 is 1. The van der Waals surface area contributed by atoms with Crippen molar-refractivity contribution in [3.63, 3.8) is 0 Å². The van der Waals surface area contributed by atoms with Crippen molar-refractivity contribution in [2.75, 3.05) is 34.1 Å². The molecule has 0 radical (unpaired) electrons. The van der Waals surface area contributed by atoms with Gasteiger partial charge in [-0.1, -0.05) is 31.2 Å². The topological polar surface area (TPSA) is 199 Å². The fourth-order valence-electron chi connectivity index (χ4n) is 4.55. The lowest BCUT2D eigenvalue weighted by Gasteiger charge is -2.28. The first kappa shape index (κ1) is 32.8. The average molecular weight is 654 g/mol. The number of primary amides is 2. The molecule has 236 valence electrons. The van der Waals surface area contributed by atoms with Gasteiger partial charge in [0.25, 0.3) is 20.0 Å². The molecule has 5 N–H and O–H groups in total. The molecule has 0 heterocycles. The number of anilines is 3. The lowest BCUT2D eigenvalue weighted by molar-refractivity contribution is -0.117. The van der Waals surface area contributed by atoms with E-state index in [1.807, 2.05) is 0 Å². The normalized spacial score (nSPS) is 11.5. The number of sulfonamides is 2. The number of hydrogen-bond donors (Lipinski definition) is 3. The van der Waals surface area contributed by atoms with Crippen molar-refractivity contribution in [1.29, 1.82) is 0 Å². The highest BCUT2D eigenvalue weighted by Gasteiger charge is 2.31. The molecule has 4 aromatic rings. The van der Waals surface area contributed by atoms with E-state index < -0.39 is 45.0 Å². The Morgan fingerprint density at radius 3 is 1.49 bits per heavy atom. The Kier molecular flexibility index (Phi) is 9.63. The Morgan fingerprint density at radius 2 is 1.11 bits per heavy atom. The van der Waals surface area contributed by atoms with E-state index in [1.54, 1.807) is 31.2 Å². The summed E-state index contributed by atoms with van der Waals surface area (Å²) in [5.74, 6) is -1.72. The van der Waals surface area contributed by atoms with Gasteiger partial charge in [0.05, 0.1) is 28.3 Å². The minimum atomic E-state index is -4.42. The van der Waals surface area contributed by atoms with Crippen LogP contribution in [0.5, 0.6) is 5.75 Å².